The van der Waals surface area contributed by atoms with Crippen molar-refractivity contribution < 1.29 is 9.66 Å². The van der Waals surface area contributed by atoms with E-state index < -0.39 is 4.92 Å². The molecule has 0 saturated heterocycles. The van der Waals surface area contributed by atoms with E-state index in [0.717, 1.165) is 0 Å². The van der Waals surface area contributed by atoms with Crippen LogP contribution in [0.2, 0.25) is 0 Å². The summed E-state index contributed by atoms with van der Waals surface area (Å²) in [5, 5.41) is 10.6. The molecule has 0 aliphatic rings. The van der Waals surface area contributed by atoms with Gasteiger partial charge in [-0.2, -0.15) is 0 Å². The number of nitro groups is 1. The van der Waals surface area contributed by atoms with Crippen LogP contribution in [0.1, 0.15) is 5.56 Å². The smallest absolute Gasteiger partial charge is 0.274 e. The molecule has 0 spiro atoms. The Kier molecular flexibility index (Phi) is 4.42. The van der Waals surface area contributed by atoms with E-state index in [1.807, 2.05) is 6.26 Å². The number of nitrogens with zero attached hydrogens (tertiary/aromatic N) is 1. The van der Waals surface area contributed by atoms with Crippen molar-refractivity contribution in [2.45, 2.75) is 6.61 Å². The van der Waals surface area contributed by atoms with Crippen molar-refractivity contribution in [1.29, 1.82) is 0 Å². The zero-order valence-electron chi connectivity index (χ0n) is 7.80. The number of thioether (sulfide) groups is 1. The van der Waals surface area contributed by atoms with Gasteiger partial charge in [-0.05, 0) is 12.3 Å². The van der Waals surface area contributed by atoms with Crippen LogP contribution < -0.4 is 0 Å². The summed E-state index contributed by atoms with van der Waals surface area (Å²) in [5.74, 6) is 0.548. The predicted molar refractivity (Wildman–Crippen MR) is 56.3 cm³/mol. The number of benzene rings is 1. The first-order valence-corrected chi connectivity index (χ1v) is 5.44. The average Bonchev–Trinajstić information content (AvgIpc) is 2.19. The van der Waals surface area contributed by atoms with Gasteiger partial charge in [0.15, 0.2) is 0 Å². The highest BCUT2D eigenvalue weighted by atomic mass is 32.2. The molecule has 0 bridgehead atoms. The van der Waals surface area contributed by atoms with Crippen molar-refractivity contribution in [2.75, 3.05) is 12.2 Å². The number of para-hydroxylation sites is 1. The van der Waals surface area contributed by atoms with Gasteiger partial charge in [0.1, 0.15) is 0 Å². The minimum atomic E-state index is -0.391. The molecule has 0 aliphatic heterocycles. The van der Waals surface area contributed by atoms with Crippen LogP contribution in [0.15, 0.2) is 24.3 Å². The Morgan fingerprint density at radius 2 is 2.21 bits per heavy atom. The van der Waals surface area contributed by atoms with E-state index in [2.05, 4.69) is 0 Å². The molecule has 0 aliphatic carbocycles. The summed E-state index contributed by atoms with van der Waals surface area (Å²) in [6.07, 6.45) is 1.92. The summed E-state index contributed by atoms with van der Waals surface area (Å²) < 4.78 is 5.22. The highest BCUT2D eigenvalue weighted by Crippen LogP contribution is 2.18. The maximum absolute atomic E-state index is 10.6. The van der Waals surface area contributed by atoms with Crippen molar-refractivity contribution in [1.82, 2.24) is 0 Å². The molecule has 76 valence electrons. The number of nitro benzene ring substituents is 1. The molecule has 0 aromatic heterocycles. The van der Waals surface area contributed by atoms with Crippen molar-refractivity contribution in [2.24, 2.45) is 0 Å². The first-order valence-electron chi connectivity index (χ1n) is 4.04. The molecule has 0 fully saturated rings. The second-order valence-electron chi connectivity index (χ2n) is 2.64. The maximum atomic E-state index is 10.6. The average molecular weight is 213 g/mol. The van der Waals surface area contributed by atoms with E-state index in [1.54, 1.807) is 30.0 Å². The van der Waals surface area contributed by atoms with E-state index >= 15 is 0 Å². The van der Waals surface area contributed by atoms with Crippen LogP contribution in [0.25, 0.3) is 0 Å². The van der Waals surface area contributed by atoms with Crippen molar-refractivity contribution in [3.63, 3.8) is 0 Å². The van der Waals surface area contributed by atoms with E-state index in [-0.39, 0.29) is 12.3 Å². The fraction of sp³-hybridized carbons (Fsp3) is 0.333. The van der Waals surface area contributed by atoms with Crippen LogP contribution in [0, 0.1) is 10.1 Å². The van der Waals surface area contributed by atoms with Gasteiger partial charge in [0, 0.05) is 6.07 Å². The predicted octanol–water partition coefficient (Wildman–Crippen LogP) is 2.43. The van der Waals surface area contributed by atoms with E-state index in [1.165, 1.54) is 6.07 Å². The molecule has 0 atom stereocenters. The summed E-state index contributed by atoms with van der Waals surface area (Å²) in [5.41, 5.74) is 0.736. The molecule has 14 heavy (non-hydrogen) atoms. The summed E-state index contributed by atoms with van der Waals surface area (Å²) in [6.45, 7) is 0.290. The minimum absolute atomic E-state index is 0.119. The topological polar surface area (TPSA) is 52.4 Å². The van der Waals surface area contributed by atoms with Gasteiger partial charge in [-0.3, -0.25) is 10.1 Å². The van der Waals surface area contributed by atoms with Gasteiger partial charge < -0.3 is 4.74 Å². The lowest BCUT2D eigenvalue weighted by molar-refractivity contribution is -0.385. The van der Waals surface area contributed by atoms with E-state index in [4.69, 9.17) is 4.74 Å². The van der Waals surface area contributed by atoms with Gasteiger partial charge in [0.25, 0.3) is 5.69 Å². The third-order valence-electron chi connectivity index (χ3n) is 1.65. The van der Waals surface area contributed by atoms with Crippen LogP contribution in [0.4, 0.5) is 5.69 Å². The first kappa shape index (κ1) is 11.0. The normalized spacial score (nSPS) is 10.1. The van der Waals surface area contributed by atoms with Gasteiger partial charge >= 0.3 is 0 Å². The van der Waals surface area contributed by atoms with Gasteiger partial charge in [0.05, 0.1) is 23.0 Å². The van der Waals surface area contributed by atoms with Gasteiger partial charge in [-0.25, -0.2) is 0 Å². The standard InChI is InChI=1S/C9H11NO3S/c1-14-7-13-6-8-4-2-3-5-9(8)10(11)12/h2-5H,6-7H2,1H3. The quantitative estimate of drug-likeness (QED) is 0.326. The Morgan fingerprint density at radius 1 is 1.50 bits per heavy atom. The van der Waals surface area contributed by atoms with Crippen LogP contribution in [0.3, 0.4) is 0 Å². The molecule has 0 N–H and O–H groups in total. The molecule has 0 radical (unpaired) electrons. The van der Waals surface area contributed by atoms with Gasteiger partial charge in [-0.15, -0.1) is 11.8 Å². The molecular weight excluding hydrogens is 202 g/mol. The molecule has 1 aromatic rings. The molecule has 1 rings (SSSR count). The van der Waals surface area contributed by atoms with Crippen LogP contribution >= 0.6 is 11.8 Å². The highest BCUT2D eigenvalue weighted by Gasteiger charge is 2.11. The Balaban J connectivity index is 2.69. The van der Waals surface area contributed by atoms with Crippen molar-refractivity contribution in [3.05, 3.63) is 39.9 Å². The van der Waals surface area contributed by atoms with Crippen molar-refractivity contribution >= 4 is 17.4 Å². The molecule has 0 amide bonds. The second-order valence-corrected chi connectivity index (χ2v) is 3.45. The Labute approximate surface area is 86.4 Å². The second kappa shape index (κ2) is 5.62. The molecule has 0 saturated carbocycles. The van der Waals surface area contributed by atoms with Gasteiger partial charge in [0.2, 0.25) is 0 Å². The molecule has 4 nitrogen and oxygen atoms in total. The molecule has 0 unspecified atom stereocenters. The largest absolute Gasteiger partial charge is 0.366 e. The highest BCUT2D eigenvalue weighted by molar-refractivity contribution is 7.98. The molecule has 1 aromatic carbocycles. The fourth-order valence-corrected chi connectivity index (χ4v) is 1.30. The number of hydrogen-bond donors (Lipinski definition) is 0. The van der Waals surface area contributed by atoms with E-state index in [0.29, 0.717) is 11.5 Å². The zero-order valence-corrected chi connectivity index (χ0v) is 8.62. The number of rotatable bonds is 5. The SMILES string of the molecule is CSCOCc1ccccc1[N+](=O)[O-]. The van der Waals surface area contributed by atoms with E-state index in [9.17, 15) is 10.1 Å². The van der Waals surface area contributed by atoms with Crippen molar-refractivity contribution in [3.8, 4) is 0 Å². The lowest BCUT2D eigenvalue weighted by Crippen LogP contribution is -1.97. The number of hydrogen-bond acceptors (Lipinski definition) is 4. The lowest BCUT2D eigenvalue weighted by Gasteiger charge is -2.02. The van der Waals surface area contributed by atoms with Gasteiger partial charge in [-0.1, -0.05) is 12.1 Å². The summed E-state index contributed by atoms with van der Waals surface area (Å²) >= 11 is 1.54. The third kappa shape index (κ3) is 3.01. The molecular formula is C9H11NO3S. The Morgan fingerprint density at radius 3 is 2.86 bits per heavy atom. The summed E-state index contributed by atoms with van der Waals surface area (Å²) in [6, 6.07) is 6.61. The zero-order chi connectivity index (χ0) is 10.4. The summed E-state index contributed by atoms with van der Waals surface area (Å²) in [4.78, 5) is 10.2. The first-order chi connectivity index (χ1) is 6.75. The van der Waals surface area contributed by atoms with Crippen LogP contribution in [-0.2, 0) is 11.3 Å². The third-order valence-corrected chi connectivity index (χ3v) is 2.05. The molecule has 0 heterocycles. The maximum Gasteiger partial charge on any atom is 0.274 e. The van der Waals surface area contributed by atoms with Crippen LogP contribution in [-0.4, -0.2) is 17.1 Å². The lowest BCUT2D eigenvalue weighted by atomic mass is 10.2. The minimum Gasteiger partial charge on any atom is -0.366 e. The Bertz CT molecular complexity index is 317. The summed E-state index contributed by atoms with van der Waals surface area (Å²) in [7, 11) is 0. The molecule has 5 heteroatoms. The van der Waals surface area contributed by atoms with Crippen LogP contribution in [0.5, 0.6) is 0 Å². The number of ether oxygens (including phenoxy) is 1. The fourth-order valence-electron chi connectivity index (χ4n) is 1.05. The Hall–Kier alpha value is -1.07. The monoisotopic (exact) mass is 213 g/mol.